The van der Waals surface area contributed by atoms with E-state index in [9.17, 15) is 5.11 Å². The number of ether oxygens (including phenoxy) is 1. The van der Waals surface area contributed by atoms with Crippen LogP contribution in [0.5, 0.6) is 11.5 Å². The summed E-state index contributed by atoms with van der Waals surface area (Å²) in [5, 5.41) is 18.6. The van der Waals surface area contributed by atoms with Gasteiger partial charge in [-0.1, -0.05) is 30.3 Å². The summed E-state index contributed by atoms with van der Waals surface area (Å²) in [5.74, 6) is 1.26. The predicted molar refractivity (Wildman–Crippen MR) is 71.4 cm³/mol. The Morgan fingerprint density at radius 2 is 1.72 bits per heavy atom. The van der Waals surface area contributed by atoms with Crippen LogP contribution in [-0.4, -0.2) is 5.11 Å². The molecule has 0 fully saturated rings. The van der Waals surface area contributed by atoms with E-state index >= 15 is 0 Å². The predicted octanol–water partition coefficient (Wildman–Crippen LogP) is 3.54. The summed E-state index contributed by atoms with van der Waals surface area (Å²) in [4.78, 5) is 0. The summed E-state index contributed by atoms with van der Waals surface area (Å²) < 4.78 is 3.93. The Labute approximate surface area is 113 Å². The van der Waals surface area contributed by atoms with Crippen LogP contribution in [0.3, 0.4) is 0 Å². The lowest BCUT2D eigenvalue weighted by molar-refractivity contribution is 0.205. The Kier molecular flexibility index (Phi) is 3.66. The third kappa shape index (κ3) is 2.89. The van der Waals surface area contributed by atoms with E-state index in [2.05, 4.69) is 15.9 Å². The molecule has 0 saturated heterocycles. The highest BCUT2D eigenvalue weighted by Gasteiger charge is 2.25. The molecule has 1 unspecified atom stereocenters. The molecule has 90 valence electrons. The lowest BCUT2D eigenvalue weighted by Gasteiger charge is -2.13. The van der Waals surface area contributed by atoms with Crippen molar-refractivity contribution < 1.29 is 9.84 Å². The SMILES string of the molecule is N#CC(O)(Br)c1cccc(Oc2ccccc2)c1. The van der Waals surface area contributed by atoms with Gasteiger partial charge in [-0.2, -0.15) is 5.26 Å². The van der Waals surface area contributed by atoms with E-state index < -0.39 is 4.51 Å². The van der Waals surface area contributed by atoms with E-state index in [1.54, 1.807) is 30.3 Å². The first-order valence-electron chi connectivity index (χ1n) is 5.28. The molecule has 0 radical (unpaired) electrons. The molecule has 3 nitrogen and oxygen atoms in total. The first kappa shape index (κ1) is 12.6. The Balaban J connectivity index is 2.27. The second kappa shape index (κ2) is 5.21. The Morgan fingerprint density at radius 1 is 1.06 bits per heavy atom. The molecular formula is C14H10BrNO2. The third-order valence-electron chi connectivity index (χ3n) is 2.34. The lowest BCUT2D eigenvalue weighted by atomic mass is 10.1. The summed E-state index contributed by atoms with van der Waals surface area (Å²) in [6, 6.07) is 17.8. The Morgan fingerprint density at radius 3 is 2.39 bits per heavy atom. The number of alkyl halides is 1. The summed E-state index contributed by atoms with van der Waals surface area (Å²) in [6.07, 6.45) is 0. The van der Waals surface area contributed by atoms with Crippen LogP contribution < -0.4 is 4.74 Å². The van der Waals surface area contributed by atoms with Crippen LogP contribution in [-0.2, 0) is 4.51 Å². The van der Waals surface area contributed by atoms with Gasteiger partial charge < -0.3 is 9.84 Å². The van der Waals surface area contributed by atoms with Crippen molar-refractivity contribution in [1.82, 2.24) is 0 Å². The standard InChI is InChI=1S/C14H10BrNO2/c15-14(17,10-16)11-5-4-8-13(9-11)18-12-6-2-1-3-7-12/h1-9,17H. The molecule has 0 spiro atoms. The van der Waals surface area contributed by atoms with Crippen LogP contribution in [0.25, 0.3) is 0 Å². The number of nitrogens with zero attached hydrogens (tertiary/aromatic N) is 1. The van der Waals surface area contributed by atoms with Gasteiger partial charge in [0.1, 0.15) is 17.6 Å². The highest BCUT2D eigenvalue weighted by Crippen LogP contribution is 2.31. The van der Waals surface area contributed by atoms with Gasteiger partial charge in [0.25, 0.3) is 0 Å². The maximum atomic E-state index is 9.79. The minimum absolute atomic E-state index is 0.429. The highest BCUT2D eigenvalue weighted by molar-refractivity contribution is 9.09. The zero-order valence-corrected chi connectivity index (χ0v) is 11.0. The summed E-state index contributed by atoms with van der Waals surface area (Å²) in [6.45, 7) is 0. The molecule has 0 aromatic heterocycles. The maximum absolute atomic E-state index is 9.79. The molecule has 4 heteroatoms. The van der Waals surface area contributed by atoms with E-state index in [4.69, 9.17) is 10.00 Å². The second-order valence-corrected chi connectivity index (χ2v) is 4.82. The number of hydrogen-bond donors (Lipinski definition) is 1. The van der Waals surface area contributed by atoms with Crippen LogP contribution >= 0.6 is 15.9 Å². The van der Waals surface area contributed by atoms with Gasteiger partial charge >= 0.3 is 0 Å². The van der Waals surface area contributed by atoms with E-state index in [1.165, 1.54) is 0 Å². The van der Waals surface area contributed by atoms with Gasteiger partial charge in [0.15, 0.2) is 0 Å². The number of halogens is 1. The van der Waals surface area contributed by atoms with Gasteiger partial charge in [0.2, 0.25) is 4.51 Å². The molecule has 0 aliphatic rings. The van der Waals surface area contributed by atoms with E-state index in [0.29, 0.717) is 17.1 Å². The molecule has 2 rings (SSSR count). The van der Waals surface area contributed by atoms with Crippen molar-refractivity contribution >= 4 is 15.9 Å². The summed E-state index contributed by atoms with van der Waals surface area (Å²) in [7, 11) is 0. The monoisotopic (exact) mass is 303 g/mol. The molecule has 2 aromatic carbocycles. The number of rotatable bonds is 3. The van der Waals surface area contributed by atoms with Crippen molar-refractivity contribution in [3.63, 3.8) is 0 Å². The highest BCUT2D eigenvalue weighted by atomic mass is 79.9. The summed E-state index contributed by atoms with van der Waals surface area (Å²) >= 11 is 2.95. The Hall–Kier alpha value is -1.83. The minimum atomic E-state index is -1.69. The van der Waals surface area contributed by atoms with E-state index in [1.807, 2.05) is 30.3 Å². The van der Waals surface area contributed by atoms with Crippen molar-refractivity contribution in [3.05, 3.63) is 60.2 Å². The largest absolute Gasteiger partial charge is 0.457 e. The molecule has 1 N–H and O–H groups in total. The van der Waals surface area contributed by atoms with Crippen molar-refractivity contribution in [2.24, 2.45) is 0 Å². The van der Waals surface area contributed by atoms with Crippen molar-refractivity contribution in [1.29, 1.82) is 5.26 Å². The molecule has 1 atom stereocenters. The fourth-order valence-corrected chi connectivity index (χ4v) is 1.70. The number of para-hydroxylation sites is 1. The maximum Gasteiger partial charge on any atom is 0.233 e. The molecule has 0 saturated carbocycles. The number of hydrogen-bond acceptors (Lipinski definition) is 3. The topological polar surface area (TPSA) is 53.2 Å². The van der Waals surface area contributed by atoms with Crippen LogP contribution in [0.4, 0.5) is 0 Å². The first-order chi connectivity index (χ1) is 8.62. The molecule has 0 bridgehead atoms. The minimum Gasteiger partial charge on any atom is -0.457 e. The van der Waals surface area contributed by atoms with Gasteiger partial charge in [-0.05, 0) is 40.2 Å². The van der Waals surface area contributed by atoms with Crippen molar-refractivity contribution in [3.8, 4) is 17.6 Å². The first-order valence-corrected chi connectivity index (χ1v) is 6.07. The molecular weight excluding hydrogens is 294 g/mol. The fourth-order valence-electron chi connectivity index (χ4n) is 1.45. The summed E-state index contributed by atoms with van der Waals surface area (Å²) in [5.41, 5.74) is 0.429. The van der Waals surface area contributed by atoms with Crippen LogP contribution in [0, 0.1) is 11.3 Å². The molecule has 2 aromatic rings. The van der Waals surface area contributed by atoms with E-state index in [-0.39, 0.29) is 0 Å². The lowest BCUT2D eigenvalue weighted by Crippen LogP contribution is -2.13. The molecule has 0 aliphatic carbocycles. The normalized spacial score (nSPS) is 13.4. The van der Waals surface area contributed by atoms with Crippen molar-refractivity contribution in [2.45, 2.75) is 4.51 Å². The molecule has 0 amide bonds. The third-order valence-corrected chi connectivity index (χ3v) is 2.98. The molecule has 0 heterocycles. The molecule has 18 heavy (non-hydrogen) atoms. The average molecular weight is 304 g/mol. The van der Waals surface area contributed by atoms with Crippen LogP contribution in [0.2, 0.25) is 0 Å². The quantitative estimate of drug-likeness (QED) is 0.697. The molecule has 0 aliphatic heterocycles. The Bertz CT molecular complexity index is 576. The van der Waals surface area contributed by atoms with Gasteiger partial charge in [0.05, 0.1) is 0 Å². The van der Waals surface area contributed by atoms with Gasteiger partial charge in [-0.25, -0.2) is 0 Å². The zero-order valence-electron chi connectivity index (χ0n) is 9.38. The van der Waals surface area contributed by atoms with Crippen LogP contribution in [0.15, 0.2) is 54.6 Å². The average Bonchev–Trinajstić information content (AvgIpc) is 2.40. The fraction of sp³-hybridized carbons (Fsp3) is 0.0714. The van der Waals surface area contributed by atoms with Crippen LogP contribution in [0.1, 0.15) is 5.56 Å². The van der Waals surface area contributed by atoms with Gasteiger partial charge in [0, 0.05) is 5.56 Å². The van der Waals surface area contributed by atoms with Gasteiger partial charge in [-0.15, -0.1) is 0 Å². The van der Waals surface area contributed by atoms with E-state index in [0.717, 1.165) is 0 Å². The number of nitriles is 1. The van der Waals surface area contributed by atoms with Gasteiger partial charge in [-0.3, -0.25) is 0 Å². The van der Waals surface area contributed by atoms with Crippen molar-refractivity contribution in [2.75, 3.05) is 0 Å². The number of benzene rings is 2. The number of aliphatic hydroxyl groups is 1. The second-order valence-electron chi connectivity index (χ2n) is 3.68. The zero-order chi connectivity index (χ0) is 13.0. The smallest absolute Gasteiger partial charge is 0.233 e.